The number of hydrogen-bond acceptors (Lipinski definition) is 4. The van der Waals surface area contributed by atoms with Gasteiger partial charge in [-0.15, -0.1) is 0 Å². The van der Waals surface area contributed by atoms with Crippen LogP contribution in [-0.4, -0.2) is 17.1 Å². The minimum Gasteiger partial charge on any atom is -0.398 e. The summed E-state index contributed by atoms with van der Waals surface area (Å²) in [7, 11) is 0. The van der Waals surface area contributed by atoms with Crippen LogP contribution >= 0.6 is 0 Å². The third kappa shape index (κ3) is 6.25. The predicted molar refractivity (Wildman–Crippen MR) is 125 cm³/mol. The van der Waals surface area contributed by atoms with Gasteiger partial charge in [-0.2, -0.15) is 0 Å². The largest absolute Gasteiger partial charge is 0.398 e. The van der Waals surface area contributed by atoms with Crippen molar-refractivity contribution in [3.8, 4) is 11.1 Å². The Morgan fingerprint density at radius 3 is 2.59 bits per heavy atom. The van der Waals surface area contributed by atoms with Crippen LogP contribution in [0.5, 0.6) is 0 Å². The molecule has 3 rings (SSSR count). The molecule has 4 N–H and O–H groups in total. The number of aliphatic imine (C=N–C) groups is 1. The molecule has 0 unspecified atom stereocenters. The van der Waals surface area contributed by atoms with Crippen molar-refractivity contribution in [2.75, 3.05) is 0 Å². The molecule has 6 nitrogen and oxygen atoms in total. The fourth-order valence-corrected chi connectivity index (χ4v) is 3.11. The molecule has 1 aromatic heterocycles. The molecule has 32 heavy (non-hydrogen) atoms. The fourth-order valence-electron chi connectivity index (χ4n) is 3.11. The van der Waals surface area contributed by atoms with Crippen molar-refractivity contribution < 1.29 is 9.18 Å². The summed E-state index contributed by atoms with van der Waals surface area (Å²) in [6.45, 7) is 2.48. The number of nitrogens with one attached hydrogen (secondary N) is 2. The molecule has 164 valence electrons. The molecule has 7 heteroatoms. The maximum Gasteiger partial charge on any atom is 0.248 e. The topological polar surface area (TPSA) is 100 Å². The van der Waals surface area contributed by atoms with Crippen LogP contribution in [0.2, 0.25) is 0 Å². The van der Waals surface area contributed by atoms with Crippen LogP contribution in [0, 0.1) is 5.82 Å². The summed E-state index contributed by atoms with van der Waals surface area (Å²) in [5.74, 6) is -0.357. The highest BCUT2D eigenvalue weighted by Crippen LogP contribution is 2.25. The van der Waals surface area contributed by atoms with E-state index >= 15 is 0 Å². The Bertz CT molecular complexity index is 1200. The molecular weight excluding hydrogens is 407 g/mol. The van der Waals surface area contributed by atoms with Gasteiger partial charge in [-0.05, 0) is 52.6 Å². The van der Waals surface area contributed by atoms with Gasteiger partial charge in [-0.1, -0.05) is 31.2 Å². The second kappa shape index (κ2) is 10.9. The van der Waals surface area contributed by atoms with E-state index in [9.17, 15) is 14.0 Å². The van der Waals surface area contributed by atoms with Gasteiger partial charge in [0.1, 0.15) is 5.82 Å². The summed E-state index contributed by atoms with van der Waals surface area (Å²) in [5, 5.41) is 2.87. The maximum absolute atomic E-state index is 13.3. The number of halogens is 1. The zero-order valence-electron chi connectivity index (χ0n) is 17.8. The highest BCUT2D eigenvalue weighted by Gasteiger charge is 2.09. The lowest BCUT2D eigenvalue weighted by Crippen LogP contribution is -2.22. The third-order valence-electron chi connectivity index (χ3n) is 4.87. The molecule has 0 bridgehead atoms. The Kier molecular flexibility index (Phi) is 7.70. The average Bonchev–Trinajstić information content (AvgIpc) is 2.80. The van der Waals surface area contributed by atoms with Crippen molar-refractivity contribution in [1.82, 2.24) is 10.3 Å². The van der Waals surface area contributed by atoms with Gasteiger partial charge in [0.05, 0.1) is 6.54 Å². The van der Waals surface area contributed by atoms with Crippen molar-refractivity contribution in [1.29, 1.82) is 0 Å². The highest BCUT2D eigenvalue weighted by molar-refractivity contribution is 5.85. The van der Waals surface area contributed by atoms with Crippen molar-refractivity contribution in [3.63, 3.8) is 0 Å². The van der Waals surface area contributed by atoms with Gasteiger partial charge in [0.25, 0.3) is 0 Å². The number of rotatable bonds is 8. The number of carbonyl (C=O) groups is 1. The molecule has 0 saturated heterocycles. The molecule has 1 heterocycles. The molecular formula is C25H25FN4O2. The lowest BCUT2D eigenvalue weighted by atomic mass is 9.97. The van der Waals surface area contributed by atoms with E-state index in [1.54, 1.807) is 43.6 Å². The number of amides is 1. The first-order chi connectivity index (χ1) is 15.5. The summed E-state index contributed by atoms with van der Waals surface area (Å²) >= 11 is 0. The molecule has 0 aliphatic carbocycles. The first kappa shape index (κ1) is 22.7. The van der Waals surface area contributed by atoms with E-state index in [4.69, 9.17) is 5.73 Å². The van der Waals surface area contributed by atoms with Crippen LogP contribution in [0.1, 0.15) is 30.0 Å². The Balaban J connectivity index is 1.86. The number of carbonyl (C=O) groups excluding carboxylic acids is 1. The summed E-state index contributed by atoms with van der Waals surface area (Å²) in [4.78, 5) is 30.0. The summed E-state index contributed by atoms with van der Waals surface area (Å²) in [6, 6.07) is 15.2. The molecule has 0 spiro atoms. The number of nitrogens with two attached hydrogens (primary N) is 1. The number of nitrogens with zero attached hydrogens (tertiary/aromatic N) is 1. The Labute approximate surface area is 185 Å². The normalized spacial score (nSPS) is 11.6. The first-order valence-corrected chi connectivity index (χ1v) is 10.3. The average molecular weight is 432 g/mol. The number of aromatic amines is 1. The van der Waals surface area contributed by atoms with Crippen LogP contribution in [0.15, 0.2) is 76.7 Å². The lowest BCUT2D eigenvalue weighted by molar-refractivity contribution is -0.120. The summed E-state index contributed by atoms with van der Waals surface area (Å²) < 4.78 is 13.3. The van der Waals surface area contributed by atoms with Gasteiger partial charge in [0.2, 0.25) is 11.5 Å². The number of aromatic nitrogens is 1. The Morgan fingerprint density at radius 1 is 1.12 bits per heavy atom. The molecule has 0 radical (unpaired) electrons. The standard InChI is InChI=1S/C25H25FN4O2/c1-2-24(31)30-16-20-4-3-19(18-5-7-21(26)8-6-18)14-22(20)23(27)10-11-28-15-17-9-12-29-25(32)13-17/h3-14H,2,15-16,27H2,1H3,(H,29,32)(H,30,31)/b23-10-,28-11?. The van der Waals surface area contributed by atoms with Crippen LogP contribution in [0.4, 0.5) is 4.39 Å². The summed E-state index contributed by atoms with van der Waals surface area (Å²) in [5.41, 5.74) is 10.8. The molecule has 2 aromatic carbocycles. The van der Waals surface area contributed by atoms with E-state index in [1.807, 2.05) is 18.2 Å². The van der Waals surface area contributed by atoms with Crippen LogP contribution in [-0.2, 0) is 17.9 Å². The molecule has 1 amide bonds. The number of hydrogen-bond donors (Lipinski definition) is 3. The van der Waals surface area contributed by atoms with Crippen molar-refractivity contribution in [3.05, 3.63) is 99.7 Å². The minimum absolute atomic E-state index is 0.0551. The second-order valence-electron chi connectivity index (χ2n) is 7.18. The van der Waals surface area contributed by atoms with E-state index < -0.39 is 0 Å². The zero-order valence-corrected chi connectivity index (χ0v) is 17.8. The number of H-pyrrole nitrogens is 1. The van der Waals surface area contributed by atoms with Crippen molar-refractivity contribution in [2.45, 2.75) is 26.4 Å². The van der Waals surface area contributed by atoms with E-state index in [0.717, 1.165) is 27.8 Å². The monoisotopic (exact) mass is 432 g/mol. The maximum atomic E-state index is 13.3. The zero-order chi connectivity index (χ0) is 22.9. The Hall–Kier alpha value is -4.00. The van der Waals surface area contributed by atoms with Gasteiger partial charge in [0.15, 0.2) is 0 Å². The predicted octanol–water partition coefficient (Wildman–Crippen LogP) is 3.78. The van der Waals surface area contributed by atoms with E-state index in [0.29, 0.717) is 25.2 Å². The summed E-state index contributed by atoms with van der Waals surface area (Å²) in [6.07, 6.45) is 5.25. The second-order valence-corrected chi connectivity index (χ2v) is 7.18. The minimum atomic E-state index is -0.302. The highest BCUT2D eigenvalue weighted by atomic mass is 19.1. The molecule has 0 atom stereocenters. The quantitative estimate of drug-likeness (QED) is 0.472. The van der Waals surface area contributed by atoms with Gasteiger partial charge in [0, 0.05) is 42.7 Å². The van der Waals surface area contributed by atoms with Gasteiger partial charge < -0.3 is 16.0 Å². The van der Waals surface area contributed by atoms with E-state index in [1.165, 1.54) is 18.2 Å². The van der Waals surface area contributed by atoms with E-state index in [-0.39, 0.29) is 17.3 Å². The number of pyridine rings is 1. The van der Waals surface area contributed by atoms with Crippen LogP contribution in [0.25, 0.3) is 16.8 Å². The third-order valence-corrected chi connectivity index (χ3v) is 4.87. The first-order valence-electron chi connectivity index (χ1n) is 10.3. The van der Waals surface area contributed by atoms with Crippen LogP contribution in [0.3, 0.4) is 0 Å². The lowest BCUT2D eigenvalue weighted by Gasteiger charge is -2.13. The molecule has 0 aliphatic rings. The molecule has 0 aliphatic heterocycles. The smallest absolute Gasteiger partial charge is 0.248 e. The van der Waals surface area contributed by atoms with Crippen LogP contribution < -0.4 is 16.6 Å². The van der Waals surface area contributed by atoms with Crippen molar-refractivity contribution in [2.24, 2.45) is 10.7 Å². The SMILES string of the molecule is CCC(=O)NCc1ccc(-c2ccc(F)cc2)cc1/C(N)=C/C=NCc1cc[nH]c(=O)c1. The van der Waals surface area contributed by atoms with Gasteiger partial charge >= 0.3 is 0 Å². The van der Waals surface area contributed by atoms with E-state index in [2.05, 4.69) is 15.3 Å². The Morgan fingerprint density at radius 2 is 1.88 bits per heavy atom. The molecule has 0 saturated carbocycles. The molecule has 0 fully saturated rings. The van der Waals surface area contributed by atoms with Gasteiger partial charge in [-0.3, -0.25) is 14.6 Å². The molecule has 3 aromatic rings. The van der Waals surface area contributed by atoms with Crippen molar-refractivity contribution >= 4 is 17.8 Å². The fraction of sp³-hybridized carbons (Fsp3) is 0.160. The number of benzene rings is 2. The van der Waals surface area contributed by atoms with Gasteiger partial charge in [-0.25, -0.2) is 4.39 Å². The number of allylic oxidation sites excluding steroid dienone is 1.